The Bertz CT molecular complexity index is 659. The summed E-state index contributed by atoms with van der Waals surface area (Å²) in [5.41, 5.74) is 1.71. The average molecular weight is 245 g/mol. The fraction of sp³-hybridized carbons (Fsp3) is 0. The summed E-state index contributed by atoms with van der Waals surface area (Å²) in [6, 6.07) is 6.74. The Morgan fingerprint density at radius 1 is 1.41 bits per heavy atom. The highest BCUT2D eigenvalue weighted by atomic mass is 35.5. The molecule has 0 bridgehead atoms. The van der Waals surface area contributed by atoms with E-state index < -0.39 is 0 Å². The van der Waals surface area contributed by atoms with Crippen molar-refractivity contribution < 1.29 is 4.42 Å². The maximum atomic E-state index is 8.57. The summed E-state index contributed by atoms with van der Waals surface area (Å²) >= 11 is 5.99. The van der Waals surface area contributed by atoms with Gasteiger partial charge in [0.2, 0.25) is 0 Å². The van der Waals surface area contributed by atoms with Crippen molar-refractivity contribution in [3.63, 3.8) is 0 Å². The van der Waals surface area contributed by atoms with Gasteiger partial charge in [0.05, 0.1) is 10.7 Å². The Balaban J connectivity index is 2.37. The van der Waals surface area contributed by atoms with Crippen molar-refractivity contribution >= 4 is 28.4 Å². The number of hydrogen-bond donors (Lipinski definition) is 1. The minimum absolute atomic E-state index is 0.0428. The van der Waals surface area contributed by atoms with E-state index in [1.807, 2.05) is 0 Å². The molecule has 0 spiro atoms. The summed E-state index contributed by atoms with van der Waals surface area (Å²) in [4.78, 5) is 3.95. The number of allylic oxidation sites excluding steroid dienone is 1. The van der Waals surface area contributed by atoms with Crippen LogP contribution in [0, 0.1) is 22.7 Å². The molecular weight excluding hydrogens is 240 g/mol. The molecule has 5 nitrogen and oxygen atoms in total. The van der Waals surface area contributed by atoms with E-state index in [0.717, 1.165) is 0 Å². The molecule has 0 amide bonds. The van der Waals surface area contributed by atoms with Crippen LogP contribution in [0.25, 0.3) is 11.1 Å². The fourth-order valence-electron chi connectivity index (χ4n) is 1.23. The molecule has 0 aliphatic heterocycles. The SMILES string of the molecule is N#CC(C#N)=CNc1cc2ocnc2cc1Cl. The lowest BCUT2D eigenvalue weighted by Crippen LogP contribution is -1.90. The Kier molecular flexibility index (Phi) is 2.95. The van der Waals surface area contributed by atoms with Crippen LogP contribution in [0.4, 0.5) is 5.69 Å². The second-order valence-electron chi connectivity index (χ2n) is 3.08. The van der Waals surface area contributed by atoms with Gasteiger partial charge in [-0.2, -0.15) is 10.5 Å². The first-order chi connectivity index (χ1) is 8.24. The summed E-state index contributed by atoms with van der Waals surface area (Å²) in [6.45, 7) is 0. The molecule has 0 saturated heterocycles. The maximum absolute atomic E-state index is 8.57. The van der Waals surface area contributed by atoms with Crippen molar-refractivity contribution in [2.45, 2.75) is 0 Å². The zero-order valence-corrected chi connectivity index (χ0v) is 9.19. The molecule has 0 radical (unpaired) electrons. The van der Waals surface area contributed by atoms with E-state index in [9.17, 15) is 0 Å². The number of anilines is 1. The lowest BCUT2D eigenvalue weighted by atomic mass is 10.3. The van der Waals surface area contributed by atoms with Gasteiger partial charge in [0, 0.05) is 12.3 Å². The normalized spacial score (nSPS) is 9.35. The molecule has 6 heteroatoms. The Labute approximate surface area is 102 Å². The second kappa shape index (κ2) is 4.56. The largest absolute Gasteiger partial charge is 0.443 e. The molecule has 0 aliphatic carbocycles. The van der Waals surface area contributed by atoms with Crippen LogP contribution >= 0.6 is 11.6 Å². The fourth-order valence-corrected chi connectivity index (χ4v) is 1.44. The molecule has 0 aliphatic rings. The minimum Gasteiger partial charge on any atom is -0.443 e. The third-order valence-corrected chi connectivity index (χ3v) is 2.35. The minimum atomic E-state index is -0.0428. The molecular formula is C11H5ClN4O. The van der Waals surface area contributed by atoms with Crippen LogP contribution in [0.2, 0.25) is 5.02 Å². The van der Waals surface area contributed by atoms with Crippen LogP contribution in [0.15, 0.2) is 34.7 Å². The number of benzene rings is 1. The smallest absolute Gasteiger partial charge is 0.181 e. The standard InChI is InChI=1S/C11H5ClN4O/c12-8-1-10-11(17-6-16-10)2-9(8)15-5-7(3-13)4-14/h1-2,5-6,15H. The van der Waals surface area contributed by atoms with Crippen molar-refractivity contribution in [3.8, 4) is 12.1 Å². The number of nitriles is 2. The number of rotatable bonds is 2. The number of nitrogens with one attached hydrogen (secondary N) is 1. The first kappa shape index (κ1) is 11.0. The van der Waals surface area contributed by atoms with Crippen LogP contribution in [0.1, 0.15) is 0 Å². The number of fused-ring (bicyclic) bond motifs is 1. The topological polar surface area (TPSA) is 85.6 Å². The van der Waals surface area contributed by atoms with E-state index in [1.54, 1.807) is 24.3 Å². The lowest BCUT2D eigenvalue weighted by molar-refractivity contribution is 0.602. The van der Waals surface area contributed by atoms with Crippen LogP contribution in [0.3, 0.4) is 0 Å². The molecule has 2 aromatic rings. The van der Waals surface area contributed by atoms with E-state index >= 15 is 0 Å². The molecule has 82 valence electrons. The number of nitrogens with zero attached hydrogens (tertiary/aromatic N) is 3. The van der Waals surface area contributed by atoms with Crippen molar-refractivity contribution in [1.82, 2.24) is 4.98 Å². The highest BCUT2D eigenvalue weighted by Gasteiger charge is 2.05. The summed E-state index contributed by atoms with van der Waals surface area (Å²) in [5.74, 6) is 0. The van der Waals surface area contributed by atoms with Gasteiger partial charge in [0.25, 0.3) is 0 Å². The Morgan fingerprint density at radius 2 is 2.18 bits per heavy atom. The summed E-state index contributed by atoms with van der Waals surface area (Å²) in [7, 11) is 0. The third-order valence-electron chi connectivity index (χ3n) is 2.03. The molecule has 0 saturated carbocycles. The zero-order chi connectivity index (χ0) is 12.3. The van der Waals surface area contributed by atoms with Gasteiger partial charge in [-0.1, -0.05) is 11.6 Å². The van der Waals surface area contributed by atoms with Crippen molar-refractivity contribution in [2.75, 3.05) is 5.32 Å². The highest BCUT2D eigenvalue weighted by molar-refractivity contribution is 6.34. The number of hydrogen-bond acceptors (Lipinski definition) is 5. The first-order valence-corrected chi connectivity index (χ1v) is 4.92. The third kappa shape index (κ3) is 2.20. The molecule has 1 aromatic carbocycles. The molecule has 0 atom stereocenters. The second-order valence-corrected chi connectivity index (χ2v) is 3.49. The number of halogens is 1. The monoisotopic (exact) mass is 244 g/mol. The van der Waals surface area contributed by atoms with Gasteiger partial charge in [0.15, 0.2) is 12.0 Å². The number of oxazole rings is 1. The van der Waals surface area contributed by atoms with Crippen LogP contribution in [0.5, 0.6) is 0 Å². The summed E-state index contributed by atoms with van der Waals surface area (Å²) in [6.07, 6.45) is 2.60. The van der Waals surface area contributed by atoms with Gasteiger partial charge in [-0.25, -0.2) is 4.98 Å². The van der Waals surface area contributed by atoms with Gasteiger partial charge < -0.3 is 9.73 Å². The van der Waals surface area contributed by atoms with E-state index in [4.69, 9.17) is 26.5 Å². The Morgan fingerprint density at radius 3 is 2.88 bits per heavy atom. The summed E-state index contributed by atoms with van der Waals surface area (Å²) in [5, 5.41) is 20.3. The van der Waals surface area contributed by atoms with Crippen molar-refractivity contribution in [2.24, 2.45) is 0 Å². The van der Waals surface area contributed by atoms with Crippen molar-refractivity contribution in [3.05, 3.63) is 35.3 Å². The Hall–Kier alpha value is -2.50. The molecule has 0 unspecified atom stereocenters. The predicted octanol–water partition coefficient (Wildman–Crippen LogP) is 2.82. The quantitative estimate of drug-likeness (QED) is 0.821. The molecule has 17 heavy (non-hydrogen) atoms. The highest BCUT2D eigenvalue weighted by Crippen LogP contribution is 2.27. The van der Waals surface area contributed by atoms with E-state index in [0.29, 0.717) is 21.8 Å². The van der Waals surface area contributed by atoms with E-state index in [1.165, 1.54) is 12.6 Å². The molecule has 1 N–H and O–H groups in total. The maximum Gasteiger partial charge on any atom is 0.181 e. The zero-order valence-electron chi connectivity index (χ0n) is 8.44. The molecule has 1 heterocycles. The van der Waals surface area contributed by atoms with E-state index in [2.05, 4.69) is 10.3 Å². The van der Waals surface area contributed by atoms with Gasteiger partial charge in [-0.3, -0.25) is 0 Å². The molecule has 2 rings (SSSR count). The van der Waals surface area contributed by atoms with E-state index in [-0.39, 0.29) is 5.57 Å². The average Bonchev–Trinajstić information content (AvgIpc) is 2.77. The summed E-state index contributed by atoms with van der Waals surface area (Å²) < 4.78 is 5.11. The molecule has 1 aromatic heterocycles. The van der Waals surface area contributed by atoms with Crippen LogP contribution in [-0.2, 0) is 0 Å². The van der Waals surface area contributed by atoms with Gasteiger partial charge in [0.1, 0.15) is 23.2 Å². The van der Waals surface area contributed by atoms with Crippen LogP contribution in [-0.4, -0.2) is 4.98 Å². The van der Waals surface area contributed by atoms with Gasteiger partial charge in [-0.15, -0.1) is 0 Å². The molecule has 0 fully saturated rings. The van der Waals surface area contributed by atoms with Gasteiger partial charge >= 0.3 is 0 Å². The van der Waals surface area contributed by atoms with Crippen LogP contribution < -0.4 is 5.32 Å². The van der Waals surface area contributed by atoms with Gasteiger partial charge in [-0.05, 0) is 6.07 Å². The predicted molar refractivity (Wildman–Crippen MR) is 62.0 cm³/mol. The first-order valence-electron chi connectivity index (χ1n) is 4.54. The number of aromatic nitrogens is 1. The van der Waals surface area contributed by atoms with Crippen molar-refractivity contribution in [1.29, 1.82) is 10.5 Å². The lowest BCUT2D eigenvalue weighted by Gasteiger charge is -2.02.